The van der Waals surface area contributed by atoms with Gasteiger partial charge in [0.05, 0.1) is 5.69 Å². The van der Waals surface area contributed by atoms with Crippen LogP contribution in [-0.4, -0.2) is 24.0 Å². The van der Waals surface area contributed by atoms with E-state index >= 15 is 0 Å². The molecule has 20 heavy (non-hydrogen) atoms. The lowest BCUT2D eigenvalue weighted by Crippen LogP contribution is -2.28. The Morgan fingerprint density at radius 1 is 1.30 bits per heavy atom. The van der Waals surface area contributed by atoms with Crippen molar-refractivity contribution >= 4 is 10.0 Å². The zero-order chi connectivity index (χ0) is 14.5. The third-order valence-electron chi connectivity index (χ3n) is 4.16. The van der Waals surface area contributed by atoms with Gasteiger partial charge in [-0.05, 0) is 31.6 Å². The molecule has 0 spiro atoms. The second kappa shape index (κ2) is 4.84. The van der Waals surface area contributed by atoms with E-state index in [1.54, 1.807) is 0 Å². The molecule has 112 valence electrons. The Morgan fingerprint density at radius 3 is 2.60 bits per heavy atom. The van der Waals surface area contributed by atoms with Crippen molar-refractivity contribution in [2.75, 3.05) is 0 Å². The minimum Gasteiger partial charge on any atom is -0.330 e. The van der Waals surface area contributed by atoms with Crippen LogP contribution in [0.5, 0.6) is 0 Å². The van der Waals surface area contributed by atoms with E-state index in [1.807, 2.05) is 0 Å². The summed E-state index contributed by atoms with van der Waals surface area (Å²) in [7, 11) is -3.47. The molecule has 0 amide bonds. The highest BCUT2D eigenvalue weighted by Gasteiger charge is 2.35. The Bertz CT molecular complexity index is 615. The van der Waals surface area contributed by atoms with Gasteiger partial charge >= 0.3 is 0 Å². The van der Waals surface area contributed by atoms with Crippen LogP contribution in [0.1, 0.15) is 69.8 Å². The van der Waals surface area contributed by atoms with Crippen molar-refractivity contribution in [1.82, 2.24) is 14.3 Å². The van der Waals surface area contributed by atoms with Gasteiger partial charge in [0.1, 0.15) is 5.82 Å². The summed E-state index contributed by atoms with van der Waals surface area (Å²) in [4.78, 5) is 4.51. The van der Waals surface area contributed by atoms with Gasteiger partial charge in [-0.25, -0.2) is 18.1 Å². The predicted octanol–water partition coefficient (Wildman–Crippen LogP) is 2.34. The Balaban J connectivity index is 2.10. The third-order valence-corrected chi connectivity index (χ3v) is 5.61. The van der Waals surface area contributed by atoms with Crippen LogP contribution in [0.2, 0.25) is 0 Å². The third kappa shape index (κ3) is 2.39. The van der Waals surface area contributed by atoms with E-state index in [9.17, 15) is 8.42 Å². The molecule has 1 atom stereocenters. The number of nitrogens with one attached hydrogen (secondary N) is 1. The molecule has 0 radical (unpaired) electrons. The highest BCUT2D eigenvalue weighted by atomic mass is 32.2. The predicted molar refractivity (Wildman–Crippen MR) is 77.3 cm³/mol. The summed E-state index contributed by atoms with van der Waals surface area (Å²) in [5, 5.41) is 0.278. The van der Waals surface area contributed by atoms with E-state index in [0.717, 1.165) is 43.7 Å². The van der Waals surface area contributed by atoms with E-state index in [2.05, 4.69) is 35.0 Å². The molecule has 1 unspecified atom stereocenters. The maximum absolute atomic E-state index is 12.5. The molecule has 2 aliphatic rings. The van der Waals surface area contributed by atoms with Crippen LogP contribution in [0.25, 0.3) is 0 Å². The zero-order valence-corrected chi connectivity index (χ0v) is 13.2. The second-order valence-electron chi connectivity index (χ2n) is 6.41. The molecule has 1 aromatic rings. The Hall–Kier alpha value is -0.880. The largest absolute Gasteiger partial charge is 0.330 e. The maximum Gasteiger partial charge on any atom is 0.260 e. The molecule has 1 fully saturated rings. The topological polar surface area (TPSA) is 64.0 Å². The van der Waals surface area contributed by atoms with Crippen LogP contribution < -0.4 is 4.72 Å². The summed E-state index contributed by atoms with van der Waals surface area (Å²) in [6.07, 6.45) is 4.03. The SMILES string of the molecule is CC(C)c1nc(S(=O)(=O)NC2CC2)c2n1CCCC2C. The first-order chi connectivity index (χ1) is 9.40. The Kier molecular flexibility index (Phi) is 3.41. The minimum absolute atomic E-state index is 0.124. The molecule has 1 aliphatic heterocycles. The Morgan fingerprint density at radius 2 is 2.00 bits per heavy atom. The molecule has 3 rings (SSSR count). The first kappa shape index (κ1) is 14.1. The van der Waals surface area contributed by atoms with Gasteiger partial charge in [0.15, 0.2) is 5.03 Å². The molecule has 0 saturated heterocycles. The molecule has 1 N–H and O–H groups in total. The normalized spacial score (nSPS) is 23.1. The monoisotopic (exact) mass is 297 g/mol. The molecule has 5 nitrogen and oxygen atoms in total. The highest BCUT2D eigenvalue weighted by molar-refractivity contribution is 7.89. The molecule has 2 heterocycles. The van der Waals surface area contributed by atoms with Crippen LogP contribution >= 0.6 is 0 Å². The van der Waals surface area contributed by atoms with Gasteiger partial charge in [-0.15, -0.1) is 0 Å². The number of hydrogen-bond donors (Lipinski definition) is 1. The number of fused-ring (bicyclic) bond motifs is 1. The molecule has 1 aliphatic carbocycles. The zero-order valence-electron chi connectivity index (χ0n) is 12.4. The fourth-order valence-corrected chi connectivity index (χ4v) is 4.57. The first-order valence-corrected chi connectivity index (χ1v) is 9.01. The van der Waals surface area contributed by atoms with Crippen molar-refractivity contribution < 1.29 is 8.42 Å². The van der Waals surface area contributed by atoms with Gasteiger partial charge in [0, 0.05) is 18.5 Å². The number of hydrogen-bond acceptors (Lipinski definition) is 3. The van der Waals surface area contributed by atoms with Crippen LogP contribution in [0, 0.1) is 0 Å². The smallest absolute Gasteiger partial charge is 0.260 e. The average molecular weight is 297 g/mol. The van der Waals surface area contributed by atoms with Crippen LogP contribution in [0.15, 0.2) is 5.03 Å². The van der Waals surface area contributed by atoms with E-state index in [1.165, 1.54) is 0 Å². The van der Waals surface area contributed by atoms with E-state index < -0.39 is 10.0 Å². The quantitative estimate of drug-likeness (QED) is 0.927. The molecule has 1 saturated carbocycles. The van der Waals surface area contributed by atoms with Crippen molar-refractivity contribution in [3.8, 4) is 0 Å². The van der Waals surface area contributed by atoms with Crippen LogP contribution in [0.4, 0.5) is 0 Å². The summed E-state index contributed by atoms with van der Waals surface area (Å²) in [6.45, 7) is 7.13. The lowest BCUT2D eigenvalue weighted by atomic mass is 9.98. The van der Waals surface area contributed by atoms with Gasteiger partial charge in [0.2, 0.25) is 0 Å². The molecular weight excluding hydrogens is 274 g/mol. The highest BCUT2D eigenvalue weighted by Crippen LogP contribution is 2.35. The summed E-state index contributed by atoms with van der Waals surface area (Å²) in [5.74, 6) is 1.40. The van der Waals surface area contributed by atoms with Crippen LogP contribution in [0.3, 0.4) is 0 Å². The van der Waals surface area contributed by atoms with Gasteiger partial charge in [0.25, 0.3) is 10.0 Å². The molecule has 1 aromatic heterocycles. The van der Waals surface area contributed by atoms with Crippen molar-refractivity contribution in [1.29, 1.82) is 0 Å². The lowest BCUT2D eigenvalue weighted by Gasteiger charge is -2.23. The maximum atomic E-state index is 12.5. The van der Waals surface area contributed by atoms with Gasteiger partial charge < -0.3 is 4.57 Å². The van der Waals surface area contributed by atoms with Gasteiger partial charge in [-0.1, -0.05) is 20.8 Å². The van der Waals surface area contributed by atoms with Gasteiger partial charge in [-0.2, -0.15) is 0 Å². The van der Waals surface area contributed by atoms with Crippen LogP contribution in [-0.2, 0) is 16.6 Å². The summed E-state index contributed by atoms with van der Waals surface area (Å²) in [6, 6.07) is 0.124. The fraction of sp³-hybridized carbons (Fsp3) is 0.786. The van der Waals surface area contributed by atoms with Crippen molar-refractivity contribution in [3.63, 3.8) is 0 Å². The minimum atomic E-state index is -3.47. The van der Waals surface area contributed by atoms with E-state index in [4.69, 9.17) is 0 Å². The average Bonchev–Trinajstić information content (AvgIpc) is 3.05. The Labute approximate surface area is 120 Å². The standard InChI is InChI=1S/C14H23N3O2S/c1-9(2)13-15-14(20(18,19)16-11-6-7-11)12-10(3)5-4-8-17(12)13/h9-11,16H,4-8H2,1-3H3. The summed E-state index contributed by atoms with van der Waals surface area (Å²) in [5.41, 5.74) is 0.910. The lowest BCUT2D eigenvalue weighted by molar-refractivity contribution is 0.451. The number of rotatable bonds is 4. The van der Waals surface area contributed by atoms with E-state index in [-0.39, 0.29) is 22.9 Å². The molecular formula is C14H23N3O2S. The summed E-state index contributed by atoms with van der Waals surface area (Å²) >= 11 is 0. The number of nitrogens with zero attached hydrogens (tertiary/aromatic N) is 2. The van der Waals surface area contributed by atoms with Crippen molar-refractivity contribution in [2.24, 2.45) is 0 Å². The number of aromatic nitrogens is 2. The second-order valence-corrected chi connectivity index (χ2v) is 8.03. The van der Waals surface area contributed by atoms with Gasteiger partial charge in [-0.3, -0.25) is 0 Å². The fourth-order valence-electron chi connectivity index (χ4n) is 2.98. The van der Waals surface area contributed by atoms with Crippen molar-refractivity contribution in [2.45, 2.75) is 75.9 Å². The number of sulfonamides is 1. The molecule has 0 aromatic carbocycles. The first-order valence-electron chi connectivity index (χ1n) is 7.53. The van der Waals surface area contributed by atoms with E-state index in [0.29, 0.717) is 0 Å². The van der Waals surface area contributed by atoms with Crippen molar-refractivity contribution in [3.05, 3.63) is 11.5 Å². The molecule has 6 heteroatoms. The molecule has 0 bridgehead atoms. The summed E-state index contributed by atoms with van der Waals surface area (Å²) < 4.78 is 30.0. The number of imidazole rings is 1.